The zero-order valence-corrected chi connectivity index (χ0v) is 27.4. The maximum absolute atomic E-state index is 12.3. The molecule has 5 fully saturated rings. The molecule has 7 rings (SSSR count). The van der Waals surface area contributed by atoms with Gasteiger partial charge in [-0.25, -0.2) is 4.79 Å². The minimum atomic E-state index is -0.467. The van der Waals surface area contributed by atoms with Crippen molar-refractivity contribution in [2.45, 2.75) is 104 Å². The van der Waals surface area contributed by atoms with Gasteiger partial charge in [0.15, 0.2) is 0 Å². The van der Waals surface area contributed by atoms with Gasteiger partial charge in [0.1, 0.15) is 18.5 Å². The highest BCUT2D eigenvalue weighted by atomic mass is 16.7. The first-order chi connectivity index (χ1) is 21.5. The lowest BCUT2D eigenvalue weighted by Gasteiger charge is -2.54. The van der Waals surface area contributed by atoms with E-state index in [0.29, 0.717) is 29.3 Å². The summed E-state index contributed by atoms with van der Waals surface area (Å²) in [5.74, 6) is 2.57. The third-order valence-electron chi connectivity index (χ3n) is 9.28. The Morgan fingerprint density at radius 1 is 0.844 bits per heavy atom. The number of cyclic esters (lactones) is 1. The lowest BCUT2D eigenvalue weighted by atomic mass is 9.55. The number of hydrogen-bond donors (Lipinski definition) is 1. The zero-order chi connectivity index (χ0) is 32.5. The van der Waals surface area contributed by atoms with Crippen LogP contribution in [0.1, 0.15) is 94.6 Å². The van der Waals surface area contributed by atoms with Crippen LogP contribution < -0.4 is 0 Å². The quantitative estimate of drug-likeness (QED) is 0.190. The van der Waals surface area contributed by atoms with Crippen molar-refractivity contribution in [3.05, 3.63) is 65.2 Å². The predicted octanol–water partition coefficient (Wildman–Crippen LogP) is 7.05. The molecule has 0 amide bonds. The molecule has 45 heavy (non-hydrogen) atoms. The van der Waals surface area contributed by atoms with Crippen LogP contribution in [-0.4, -0.2) is 48.1 Å². The van der Waals surface area contributed by atoms with E-state index in [2.05, 4.69) is 18.6 Å². The summed E-state index contributed by atoms with van der Waals surface area (Å²) in [7, 11) is 0. The number of carbonyl (C=O) groups excluding carboxylic acids is 3. The fraction of sp³-hybridized carbons (Fsp3) is 0.595. The molecule has 1 N–H and O–H groups in total. The fourth-order valence-corrected chi connectivity index (χ4v) is 7.04. The number of aryl methyl sites for hydroxylation is 2. The molecule has 1 aliphatic heterocycles. The molecule has 8 heteroatoms. The summed E-state index contributed by atoms with van der Waals surface area (Å²) >= 11 is 0. The van der Waals surface area contributed by atoms with Gasteiger partial charge in [0.2, 0.25) is 6.29 Å². The number of esters is 3. The number of carbonyl (C=O) groups is 3. The second-order valence-electron chi connectivity index (χ2n) is 13.2. The molecule has 4 aliphatic carbocycles. The maximum Gasteiger partial charge on any atom is 0.340 e. The molecule has 2 aromatic carbocycles. The molecular weight excluding hydrogens is 572 g/mol. The normalized spacial score (nSPS) is 26.6. The number of rotatable bonds is 8. The van der Waals surface area contributed by atoms with Crippen LogP contribution in [0.5, 0.6) is 5.75 Å². The van der Waals surface area contributed by atoms with Crippen LogP contribution in [0.4, 0.5) is 0 Å². The number of phenols is 1. The van der Waals surface area contributed by atoms with Crippen molar-refractivity contribution in [2.75, 3.05) is 6.61 Å². The molecule has 1 heterocycles. The minimum absolute atomic E-state index is 0.152. The molecule has 2 unspecified atom stereocenters. The highest BCUT2D eigenvalue weighted by Crippen LogP contribution is 2.54. The summed E-state index contributed by atoms with van der Waals surface area (Å²) in [5.41, 5.74) is 3.09. The summed E-state index contributed by atoms with van der Waals surface area (Å²) < 4.78 is 21.4. The Morgan fingerprint density at radius 2 is 1.38 bits per heavy atom. The number of aromatic hydroxyl groups is 1. The fourth-order valence-electron chi connectivity index (χ4n) is 7.04. The van der Waals surface area contributed by atoms with Crippen molar-refractivity contribution in [3.63, 3.8) is 0 Å². The van der Waals surface area contributed by atoms with Gasteiger partial charge in [0, 0.05) is 0 Å². The Balaban J connectivity index is 0.000000182. The van der Waals surface area contributed by atoms with E-state index in [-0.39, 0.29) is 43.0 Å². The molecule has 4 saturated carbocycles. The van der Waals surface area contributed by atoms with Crippen LogP contribution in [0.15, 0.2) is 48.5 Å². The summed E-state index contributed by atoms with van der Waals surface area (Å²) in [6, 6.07) is 14.9. The third-order valence-corrected chi connectivity index (χ3v) is 9.28. The standard InChI is InChI=1S/C21H28O3.C8H12O4.C8H10O/c1-3-14-4-6-17(7-5-14)21(22)24-13(2)23-20-18-9-15-8-16(11-18)12-19(20)10-15;1-5(2)8(10)12-6-3-7(9)11-4-6;1-2-7-3-5-8(9)6-4-7/h4-7,13,15-16,18-20H,3,8-12H2,1-2H3;5-6H,3-4H2,1-2H3;3-6,9H,2H2,1H3. The van der Waals surface area contributed by atoms with E-state index in [1.165, 1.54) is 43.2 Å². The van der Waals surface area contributed by atoms with Crippen LogP contribution in [0.2, 0.25) is 0 Å². The average molecular weight is 623 g/mol. The van der Waals surface area contributed by atoms with E-state index in [1.807, 2.05) is 43.3 Å². The molecule has 0 spiro atoms. The van der Waals surface area contributed by atoms with Gasteiger partial charge in [-0.2, -0.15) is 0 Å². The van der Waals surface area contributed by atoms with E-state index in [0.717, 1.165) is 24.7 Å². The molecule has 5 aliphatic rings. The molecule has 0 aromatic heterocycles. The summed E-state index contributed by atoms with van der Waals surface area (Å²) in [5, 5.41) is 8.85. The van der Waals surface area contributed by atoms with Crippen molar-refractivity contribution in [3.8, 4) is 5.75 Å². The van der Waals surface area contributed by atoms with Crippen molar-refractivity contribution in [2.24, 2.45) is 29.6 Å². The average Bonchev–Trinajstić information content (AvgIpc) is 3.43. The van der Waals surface area contributed by atoms with Gasteiger partial charge in [0.05, 0.1) is 24.0 Å². The van der Waals surface area contributed by atoms with Crippen molar-refractivity contribution in [1.82, 2.24) is 0 Å². The second-order valence-corrected chi connectivity index (χ2v) is 13.2. The molecule has 246 valence electrons. The topological polar surface area (TPSA) is 108 Å². The Hall–Kier alpha value is -3.39. The zero-order valence-electron chi connectivity index (χ0n) is 27.4. The van der Waals surface area contributed by atoms with Gasteiger partial charge in [-0.15, -0.1) is 0 Å². The first kappa shape index (κ1) is 34.5. The first-order valence-electron chi connectivity index (χ1n) is 16.6. The molecule has 2 atom stereocenters. The van der Waals surface area contributed by atoms with Crippen LogP contribution in [0.25, 0.3) is 0 Å². The molecule has 8 nitrogen and oxygen atoms in total. The SMILES string of the molecule is CC(C)C(=O)OC1COC(=O)C1.CCc1ccc(C(=O)OC(C)OC2C3CC4CC(C3)CC2C4)cc1.CCc1ccc(O)cc1. The Morgan fingerprint density at radius 3 is 1.84 bits per heavy atom. The van der Waals surface area contributed by atoms with E-state index in [9.17, 15) is 14.4 Å². The smallest absolute Gasteiger partial charge is 0.340 e. The number of benzene rings is 2. The number of phenolic OH excluding ortho intramolecular Hbond substituents is 1. The predicted molar refractivity (Wildman–Crippen MR) is 170 cm³/mol. The van der Waals surface area contributed by atoms with Crippen LogP contribution >= 0.6 is 0 Å². The molecule has 0 radical (unpaired) electrons. The summed E-state index contributed by atoms with van der Waals surface area (Å²) in [6.07, 6.45) is 8.36. The van der Waals surface area contributed by atoms with Gasteiger partial charge in [-0.1, -0.05) is 52.0 Å². The van der Waals surface area contributed by atoms with Crippen molar-refractivity contribution in [1.29, 1.82) is 0 Å². The van der Waals surface area contributed by atoms with Gasteiger partial charge in [-0.3, -0.25) is 9.59 Å². The third kappa shape index (κ3) is 10.1. The highest BCUT2D eigenvalue weighted by Gasteiger charge is 2.49. The largest absolute Gasteiger partial charge is 0.508 e. The van der Waals surface area contributed by atoms with Crippen molar-refractivity contribution >= 4 is 17.9 Å². The first-order valence-corrected chi connectivity index (χ1v) is 16.6. The van der Waals surface area contributed by atoms with Gasteiger partial charge < -0.3 is 24.1 Å². The van der Waals surface area contributed by atoms with E-state index in [1.54, 1.807) is 26.0 Å². The van der Waals surface area contributed by atoms with Crippen LogP contribution in [0.3, 0.4) is 0 Å². The molecule has 1 saturated heterocycles. The van der Waals surface area contributed by atoms with E-state index >= 15 is 0 Å². The van der Waals surface area contributed by atoms with Gasteiger partial charge >= 0.3 is 17.9 Å². The van der Waals surface area contributed by atoms with Crippen LogP contribution in [-0.2, 0) is 41.4 Å². The molecule has 2 aromatic rings. The lowest BCUT2D eigenvalue weighted by molar-refractivity contribution is -0.201. The maximum atomic E-state index is 12.3. The lowest BCUT2D eigenvalue weighted by Crippen LogP contribution is -2.50. The summed E-state index contributed by atoms with van der Waals surface area (Å²) in [6.45, 7) is 9.77. The number of ether oxygens (including phenoxy) is 4. The Kier molecular flexibility index (Phi) is 12.5. The Bertz CT molecular complexity index is 1220. The molecular formula is C37H50O8. The van der Waals surface area contributed by atoms with E-state index in [4.69, 9.17) is 19.3 Å². The summed E-state index contributed by atoms with van der Waals surface area (Å²) in [4.78, 5) is 33.9. The van der Waals surface area contributed by atoms with Gasteiger partial charge in [-0.05, 0) is 111 Å². The van der Waals surface area contributed by atoms with Crippen molar-refractivity contribution < 1.29 is 38.4 Å². The minimum Gasteiger partial charge on any atom is -0.508 e. The molecule has 4 bridgehead atoms. The Labute approximate surface area is 267 Å². The van der Waals surface area contributed by atoms with Gasteiger partial charge in [0.25, 0.3) is 0 Å². The van der Waals surface area contributed by atoms with E-state index < -0.39 is 6.29 Å². The second kappa shape index (κ2) is 16.3. The van der Waals surface area contributed by atoms with Crippen LogP contribution in [0, 0.1) is 29.6 Å². The number of hydrogen-bond acceptors (Lipinski definition) is 8. The monoisotopic (exact) mass is 622 g/mol. The highest BCUT2D eigenvalue weighted by molar-refractivity contribution is 5.89.